The van der Waals surface area contributed by atoms with Crippen LogP contribution in [0.2, 0.25) is 0 Å². The molecule has 0 saturated carbocycles. The van der Waals surface area contributed by atoms with Crippen molar-refractivity contribution in [2.24, 2.45) is 10.1 Å². The van der Waals surface area contributed by atoms with Crippen LogP contribution in [0.5, 0.6) is 0 Å². The Morgan fingerprint density at radius 2 is 1.91 bits per heavy atom. The normalized spacial score (nSPS) is 17.1. The zero-order chi connectivity index (χ0) is 22.8. The number of carbonyl (C=O) groups excluding carboxylic acids is 1. The maximum Gasteiger partial charge on any atom is 0.283 e. The molecule has 2 aromatic rings. The van der Waals surface area contributed by atoms with Gasteiger partial charge in [0.1, 0.15) is 5.04 Å². The van der Waals surface area contributed by atoms with E-state index in [9.17, 15) is 4.79 Å². The van der Waals surface area contributed by atoms with Gasteiger partial charge in [0.2, 0.25) is 5.17 Å². The Labute approximate surface area is 193 Å². The van der Waals surface area contributed by atoms with Crippen molar-refractivity contribution in [1.82, 2.24) is 9.58 Å². The predicted octanol–water partition coefficient (Wildman–Crippen LogP) is 5.99. The van der Waals surface area contributed by atoms with Crippen LogP contribution in [-0.4, -0.2) is 31.5 Å². The Bertz CT molecular complexity index is 1170. The molecule has 166 valence electrons. The first kappa shape index (κ1) is 22.3. The number of hydrazone groups is 1. The van der Waals surface area contributed by atoms with E-state index in [2.05, 4.69) is 53.6 Å². The molecule has 1 aromatic carbocycles. The smallest absolute Gasteiger partial charge is 0.283 e. The number of aliphatic imine (C=N–C) groups is 1. The monoisotopic (exact) mass is 447 g/mol. The molecular formula is C25H29N5OS. The van der Waals surface area contributed by atoms with Crippen molar-refractivity contribution in [2.45, 2.75) is 59.8 Å². The van der Waals surface area contributed by atoms with Gasteiger partial charge < -0.3 is 4.57 Å². The van der Waals surface area contributed by atoms with Gasteiger partial charge in [0.05, 0.1) is 5.57 Å². The second-order valence-electron chi connectivity index (χ2n) is 8.27. The molecule has 6 nitrogen and oxygen atoms in total. The summed E-state index contributed by atoms with van der Waals surface area (Å²) in [6.07, 6.45) is 7.27. The highest BCUT2D eigenvalue weighted by Gasteiger charge is 2.35. The maximum atomic E-state index is 12.8. The molecule has 7 heteroatoms. The molecule has 1 N–H and O–H groups in total. The summed E-state index contributed by atoms with van der Waals surface area (Å²) in [5.74, 6) is -0.284. The minimum atomic E-state index is -0.378. The van der Waals surface area contributed by atoms with Gasteiger partial charge in [0, 0.05) is 17.1 Å². The number of unbranched alkanes of at least 4 members (excludes halogenated alkanes) is 3. The lowest BCUT2D eigenvalue weighted by molar-refractivity contribution is -0.114. The Morgan fingerprint density at radius 1 is 1.12 bits per heavy atom. The Balaban J connectivity index is 1.62. The highest BCUT2D eigenvalue weighted by Crippen LogP contribution is 2.31. The van der Waals surface area contributed by atoms with Gasteiger partial charge in [-0.05, 0) is 74.7 Å². The summed E-state index contributed by atoms with van der Waals surface area (Å²) in [6.45, 7) is 8.37. The van der Waals surface area contributed by atoms with E-state index < -0.39 is 0 Å². The lowest BCUT2D eigenvalue weighted by Gasteiger charge is -2.20. The number of nitrogens with one attached hydrogen (secondary N) is 1. The van der Waals surface area contributed by atoms with Crippen LogP contribution in [0.1, 0.15) is 61.5 Å². The van der Waals surface area contributed by atoms with E-state index >= 15 is 0 Å². The maximum absolute atomic E-state index is 12.8. The quantitative estimate of drug-likeness (QED) is 0.418. The van der Waals surface area contributed by atoms with Crippen LogP contribution in [-0.2, 0) is 4.79 Å². The number of benzene rings is 1. The number of fused-ring (bicyclic) bond motifs is 1. The van der Waals surface area contributed by atoms with Crippen LogP contribution in [0.3, 0.4) is 0 Å². The van der Waals surface area contributed by atoms with Crippen molar-refractivity contribution in [1.29, 1.82) is 5.41 Å². The fraction of sp³-hybridized carbons (Fsp3) is 0.360. The van der Waals surface area contributed by atoms with Gasteiger partial charge in [0.15, 0.2) is 5.84 Å². The van der Waals surface area contributed by atoms with Crippen LogP contribution in [0, 0.1) is 26.2 Å². The summed E-state index contributed by atoms with van der Waals surface area (Å²) < 4.78 is 2.19. The van der Waals surface area contributed by atoms with Crippen molar-refractivity contribution in [3.05, 3.63) is 58.4 Å². The first-order valence-corrected chi connectivity index (χ1v) is 12.0. The Kier molecular flexibility index (Phi) is 6.46. The third kappa shape index (κ3) is 4.21. The molecule has 0 bridgehead atoms. The fourth-order valence-electron chi connectivity index (χ4n) is 4.11. The summed E-state index contributed by atoms with van der Waals surface area (Å²) in [4.78, 5) is 17.0. The van der Waals surface area contributed by atoms with E-state index in [0.29, 0.717) is 5.17 Å². The van der Waals surface area contributed by atoms with Crippen molar-refractivity contribution < 1.29 is 4.79 Å². The summed E-state index contributed by atoms with van der Waals surface area (Å²) in [7, 11) is 0. The van der Waals surface area contributed by atoms with E-state index in [0.717, 1.165) is 40.5 Å². The second-order valence-corrected chi connectivity index (χ2v) is 9.31. The molecule has 32 heavy (non-hydrogen) atoms. The highest BCUT2D eigenvalue weighted by molar-refractivity contribution is 8.26. The number of amides is 1. The molecule has 0 fully saturated rings. The molecule has 3 heterocycles. The molecule has 0 spiro atoms. The molecule has 0 radical (unpaired) electrons. The molecule has 1 amide bonds. The number of rotatable bonds is 7. The number of nitrogens with zero attached hydrogens (tertiary/aromatic N) is 4. The number of carbonyl (C=O) groups is 1. The van der Waals surface area contributed by atoms with Gasteiger partial charge in [-0.1, -0.05) is 44.4 Å². The zero-order valence-corrected chi connectivity index (χ0v) is 19.9. The van der Waals surface area contributed by atoms with Crippen molar-refractivity contribution in [3.8, 4) is 5.69 Å². The van der Waals surface area contributed by atoms with E-state index in [1.807, 2.05) is 19.1 Å². The average Bonchev–Trinajstić information content (AvgIpc) is 3.29. The minimum absolute atomic E-state index is 0.0942. The van der Waals surface area contributed by atoms with Crippen LogP contribution in [0.4, 0.5) is 0 Å². The van der Waals surface area contributed by atoms with Gasteiger partial charge in [0.25, 0.3) is 5.91 Å². The van der Waals surface area contributed by atoms with Crippen LogP contribution < -0.4 is 0 Å². The first-order chi connectivity index (χ1) is 15.4. The summed E-state index contributed by atoms with van der Waals surface area (Å²) in [6, 6.07) is 10.3. The molecule has 1 aromatic heterocycles. The predicted molar refractivity (Wildman–Crippen MR) is 134 cm³/mol. The molecule has 2 aliphatic heterocycles. The Hall–Kier alpha value is -2.93. The largest absolute Gasteiger partial charge is 0.318 e. The second kappa shape index (κ2) is 9.28. The van der Waals surface area contributed by atoms with E-state index in [4.69, 9.17) is 5.41 Å². The van der Waals surface area contributed by atoms with Gasteiger partial charge in [-0.15, -0.1) is 0 Å². The van der Waals surface area contributed by atoms with Crippen molar-refractivity contribution in [2.75, 3.05) is 0 Å². The van der Waals surface area contributed by atoms with Gasteiger partial charge in [-0.25, -0.2) is 0 Å². The third-order valence-corrected chi connectivity index (χ3v) is 6.84. The number of amidine groups is 2. The number of aryl methyl sites for hydroxylation is 2. The van der Waals surface area contributed by atoms with Gasteiger partial charge in [-0.3, -0.25) is 10.2 Å². The third-order valence-electron chi connectivity index (χ3n) is 5.87. The fourth-order valence-corrected chi connectivity index (χ4v) is 5.04. The van der Waals surface area contributed by atoms with E-state index in [1.54, 1.807) is 6.08 Å². The number of thioether (sulfide) groups is 1. The topological polar surface area (TPSA) is 73.8 Å². The van der Waals surface area contributed by atoms with Crippen LogP contribution in [0.15, 0.2) is 46.0 Å². The molecule has 0 saturated heterocycles. The SMILES string of the molecule is CCCCCCC1=NN2C(=N)C(=Cc3cc(C)n(-c4ccccc4C)c3C)C(=O)N=C2S1. The average molecular weight is 448 g/mol. The summed E-state index contributed by atoms with van der Waals surface area (Å²) >= 11 is 1.41. The molecule has 2 aliphatic rings. The van der Waals surface area contributed by atoms with E-state index in [-0.39, 0.29) is 17.3 Å². The van der Waals surface area contributed by atoms with Crippen LogP contribution in [0.25, 0.3) is 11.8 Å². The summed E-state index contributed by atoms with van der Waals surface area (Å²) in [5.41, 5.74) is 5.58. The summed E-state index contributed by atoms with van der Waals surface area (Å²) in [5, 5.41) is 16.2. The lowest BCUT2D eigenvalue weighted by Crippen LogP contribution is -2.35. The minimum Gasteiger partial charge on any atom is -0.318 e. The molecule has 0 aliphatic carbocycles. The Morgan fingerprint density at radius 3 is 2.66 bits per heavy atom. The molecule has 4 rings (SSSR count). The zero-order valence-electron chi connectivity index (χ0n) is 19.1. The van der Waals surface area contributed by atoms with Crippen LogP contribution >= 0.6 is 11.8 Å². The van der Waals surface area contributed by atoms with Gasteiger partial charge >= 0.3 is 0 Å². The number of para-hydroxylation sites is 1. The molecular weight excluding hydrogens is 418 g/mol. The van der Waals surface area contributed by atoms with E-state index in [1.165, 1.54) is 41.6 Å². The highest BCUT2D eigenvalue weighted by atomic mass is 32.2. The standard InChI is InChI=1S/C25H29N5OS/c1-5-6-7-8-13-22-28-30-23(26)20(24(31)27-25(30)32-22)15-19-14-17(3)29(18(19)4)21-12-10-9-11-16(21)2/h9-12,14-15,26H,5-8,13H2,1-4H3. The molecule has 0 unspecified atom stereocenters. The number of hydrogen-bond acceptors (Lipinski definition) is 4. The van der Waals surface area contributed by atoms with Crippen molar-refractivity contribution >= 4 is 39.8 Å². The lowest BCUT2D eigenvalue weighted by atomic mass is 10.1. The first-order valence-electron chi connectivity index (χ1n) is 11.1. The number of hydrogen-bond donors (Lipinski definition) is 1. The van der Waals surface area contributed by atoms with Gasteiger partial charge in [-0.2, -0.15) is 15.1 Å². The van der Waals surface area contributed by atoms with Crippen molar-refractivity contribution in [3.63, 3.8) is 0 Å². The number of aromatic nitrogens is 1. The molecule has 0 atom stereocenters.